The summed E-state index contributed by atoms with van der Waals surface area (Å²) in [7, 11) is 0. The fraction of sp³-hybridized carbons (Fsp3) is 0.842. The molecule has 0 saturated heterocycles. The molecule has 3 saturated carbocycles. The van der Waals surface area contributed by atoms with Crippen LogP contribution in [0.2, 0.25) is 0 Å². The lowest BCUT2D eigenvalue weighted by Gasteiger charge is -2.57. The summed E-state index contributed by atoms with van der Waals surface area (Å²) in [5, 5.41) is 4.15. The molecule has 6 atom stereocenters. The van der Waals surface area contributed by atoms with E-state index in [1.807, 2.05) is 6.08 Å². The number of ketones is 1. The van der Waals surface area contributed by atoms with Crippen molar-refractivity contribution in [2.24, 2.45) is 33.7 Å². The van der Waals surface area contributed by atoms with Gasteiger partial charge in [-0.05, 0) is 85.1 Å². The Morgan fingerprint density at radius 2 is 1.96 bits per heavy atom. The van der Waals surface area contributed by atoms with E-state index in [0.29, 0.717) is 11.7 Å². The van der Waals surface area contributed by atoms with E-state index in [2.05, 4.69) is 23.9 Å². The van der Waals surface area contributed by atoms with Crippen LogP contribution >= 0.6 is 0 Å². The van der Waals surface area contributed by atoms with Crippen LogP contribution < -0.4 is 0 Å². The van der Waals surface area contributed by atoms with Gasteiger partial charge in [0.15, 0.2) is 5.78 Å². The van der Waals surface area contributed by atoms with Gasteiger partial charge in [-0.3, -0.25) is 4.79 Å². The van der Waals surface area contributed by atoms with Gasteiger partial charge < -0.3 is 0 Å². The number of carbonyl (C=O) groups excluding carboxylic acids is 1. The first-order chi connectivity index (χ1) is 11.0. The van der Waals surface area contributed by atoms with E-state index in [1.165, 1.54) is 31.3 Å². The summed E-state index contributed by atoms with van der Waals surface area (Å²) in [4.78, 5) is 15.0. The zero-order valence-corrected chi connectivity index (χ0v) is 14.3. The van der Waals surface area contributed by atoms with Gasteiger partial charge in [-0.15, -0.1) is 0 Å². The van der Waals surface area contributed by atoms with Gasteiger partial charge in [0.1, 0.15) is 0 Å². The second-order valence-corrected chi connectivity index (χ2v) is 8.81. The van der Waals surface area contributed by atoms with Crippen LogP contribution in [0, 0.1) is 28.6 Å². The second-order valence-electron chi connectivity index (χ2n) is 8.81. The van der Waals surface area contributed by atoms with E-state index in [-0.39, 0.29) is 16.9 Å². The van der Waals surface area contributed by atoms with Gasteiger partial charge in [0.25, 0.3) is 0 Å². The van der Waals surface area contributed by atoms with Crippen molar-refractivity contribution < 1.29 is 4.79 Å². The van der Waals surface area contributed by atoms with Crippen LogP contribution in [-0.2, 0) is 4.79 Å². The molecule has 0 aromatic heterocycles. The van der Waals surface area contributed by atoms with Gasteiger partial charge in [-0.25, -0.2) is 0 Å². The van der Waals surface area contributed by atoms with Crippen LogP contribution in [-0.4, -0.2) is 11.8 Å². The molecule has 3 fully saturated rings. The minimum absolute atomic E-state index is 0.191. The number of azide groups is 1. The summed E-state index contributed by atoms with van der Waals surface area (Å²) in [6, 6.07) is 0.191. The summed E-state index contributed by atoms with van der Waals surface area (Å²) >= 11 is 0. The third-order valence-electron chi connectivity index (χ3n) is 8.10. The van der Waals surface area contributed by atoms with Crippen LogP contribution in [0.5, 0.6) is 0 Å². The molecule has 4 heteroatoms. The molecular weight excluding hydrogens is 286 g/mol. The smallest absolute Gasteiger partial charge is 0.155 e. The zero-order valence-electron chi connectivity index (χ0n) is 14.3. The van der Waals surface area contributed by atoms with Gasteiger partial charge in [-0.1, -0.05) is 24.5 Å². The molecule has 0 aromatic rings. The number of rotatable bonds is 1. The lowest BCUT2D eigenvalue weighted by molar-refractivity contribution is -0.117. The summed E-state index contributed by atoms with van der Waals surface area (Å²) in [5.74, 6) is 2.51. The Hall–Kier alpha value is -1.28. The highest BCUT2D eigenvalue weighted by atomic mass is 16.1. The maximum absolute atomic E-state index is 11.8. The van der Waals surface area contributed by atoms with Crippen LogP contribution in [0.3, 0.4) is 0 Å². The molecule has 0 amide bonds. The van der Waals surface area contributed by atoms with Gasteiger partial charge in [0.2, 0.25) is 0 Å². The number of carbonyl (C=O) groups is 1. The van der Waals surface area contributed by atoms with E-state index in [9.17, 15) is 4.79 Å². The van der Waals surface area contributed by atoms with Crippen molar-refractivity contribution in [2.45, 2.75) is 71.3 Å². The molecule has 0 N–H and O–H groups in total. The minimum Gasteiger partial charge on any atom is -0.295 e. The highest BCUT2D eigenvalue weighted by molar-refractivity contribution is 5.91. The highest BCUT2D eigenvalue weighted by Gasteiger charge is 2.58. The van der Waals surface area contributed by atoms with Crippen molar-refractivity contribution in [3.8, 4) is 0 Å². The molecule has 23 heavy (non-hydrogen) atoms. The summed E-state index contributed by atoms with van der Waals surface area (Å²) in [6.45, 7) is 4.79. The van der Waals surface area contributed by atoms with Gasteiger partial charge in [0.05, 0.1) is 0 Å². The fourth-order valence-electron chi connectivity index (χ4n) is 6.78. The number of fused-ring (bicyclic) bond motifs is 5. The fourth-order valence-corrected chi connectivity index (χ4v) is 6.78. The first-order valence-corrected chi connectivity index (χ1v) is 9.27. The standard InChI is InChI=1S/C19H27N3O/c1-18-9-7-13(23)11-12(18)3-4-14-15-5-6-17(21-22-20)19(15,2)10-8-16(14)18/h11,14-17H,3-10H2,1-2H3/t14-,15-,16-,17+,18-,19-/m0/s1. The Morgan fingerprint density at radius 1 is 1.13 bits per heavy atom. The maximum Gasteiger partial charge on any atom is 0.155 e. The number of allylic oxidation sites excluding steroid dienone is 1. The molecule has 0 bridgehead atoms. The third-order valence-corrected chi connectivity index (χ3v) is 8.10. The van der Waals surface area contributed by atoms with Gasteiger partial charge in [0, 0.05) is 17.4 Å². The molecule has 4 nitrogen and oxygen atoms in total. The lowest BCUT2D eigenvalue weighted by atomic mass is 9.47. The zero-order chi connectivity index (χ0) is 16.2. The molecule has 0 unspecified atom stereocenters. The normalized spacial score (nSPS) is 48.6. The van der Waals surface area contributed by atoms with Crippen molar-refractivity contribution in [2.75, 3.05) is 0 Å². The van der Waals surface area contributed by atoms with E-state index in [0.717, 1.165) is 37.5 Å². The topological polar surface area (TPSA) is 65.8 Å². The van der Waals surface area contributed by atoms with Crippen molar-refractivity contribution in [1.82, 2.24) is 0 Å². The molecule has 0 heterocycles. The SMILES string of the molecule is C[C@]12CC[C@H]3[C@@H](CCC4=CC(=O)CC[C@@]43C)[C@@H]1CC[C@H]2N=[N+]=[N-]. The van der Waals surface area contributed by atoms with Crippen molar-refractivity contribution in [1.29, 1.82) is 0 Å². The van der Waals surface area contributed by atoms with E-state index >= 15 is 0 Å². The van der Waals surface area contributed by atoms with Crippen molar-refractivity contribution >= 4 is 5.78 Å². The van der Waals surface area contributed by atoms with E-state index in [4.69, 9.17) is 5.53 Å². The molecular formula is C19H27N3O. The molecule has 0 aliphatic heterocycles. The first kappa shape index (κ1) is 15.3. The molecule has 0 aromatic carbocycles. The summed E-state index contributed by atoms with van der Waals surface area (Å²) < 4.78 is 0. The Kier molecular flexibility index (Phi) is 3.39. The predicted molar refractivity (Wildman–Crippen MR) is 89.6 cm³/mol. The Balaban J connectivity index is 1.67. The Morgan fingerprint density at radius 3 is 2.74 bits per heavy atom. The molecule has 4 rings (SSSR count). The number of nitrogens with zero attached hydrogens (tertiary/aromatic N) is 3. The second kappa shape index (κ2) is 5.11. The van der Waals surface area contributed by atoms with E-state index < -0.39 is 0 Å². The van der Waals surface area contributed by atoms with Crippen LogP contribution in [0.25, 0.3) is 10.4 Å². The van der Waals surface area contributed by atoms with Crippen LogP contribution in [0.1, 0.15) is 65.2 Å². The molecule has 4 aliphatic rings. The number of hydrogen-bond acceptors (Lipinski definition) is 2. The van der Waals surface area contributed by atoms with Crippen LogP contribution in [0.4, 0.5) is 0 Å². The number of hydrogen-bond donors (Lipinski definition) is 0. The summed E-state index contributed by atoms with van der Waals surface area (Å²) in [5.41, 5.74) is 10.8. The van der Waals surface area contributed by atoms with Gasteiger partial charge >= 0.3 is 0 Å². The molecule has 0 radical (unpaired) electrons. The third kappa shape index (κ3) is 2.04. The lowest BCUT2D eigenvalue weighted by Crippen LogP contribution is -2.51. The monoisotopic (exact) mass is 313 g/mol. The predicted octanol–water partition coefficient (Wildman–Crippen LogP) is 5.20. The van der Waals surface area contributed by atoms with Gasteiger partial charge in [-0.2, -0.15) is 0 Å². The quantitative estimate of drug-likeness (QED) is 0.373. The molecule has 0 spiro atoms. The molecule has 124 valence electrons. The Bertz CT molecular complexity index is 620. The van der Waals surface area contributed by atoms with Crippen LogP contribution in [0.15, 0.2) is 16.8 Å². The van der Waals surface area contributed by atoms with Crippen molar-refractivity contribution in [3.63, 3.8) is 0 Å². The van der Waals surface area contributed by atoms with Crippen molar-refractivity contribution in [3.05, 3.63) is 22.1 Å². The Labute approximate surface area is 138 Å². The van der Waals surface area contributed by atoms with E-state index in [1.54, 1.807) is 0 Å². The minimum atomic E-state index is 0.191. The maximum atomic E-state index is 11.8. The largest absolute Gasteiger partial charge is 0.295 e. The average molecular weight is 313 g/mol. The highest BCUT2D eigenvalue weighted by Crippen LogP contribution is 2.65. The molecule has 4 aliphatic carbocycles. The summed E-state index contributed by atoms with van der Waals surface area (Å²) in [6.07, 6.45) is 10.8. The first-order valence-electron chi connectivity index (χ1n) is 9.27. The average Bonchev–Trinajstić information content (AvgIpc) is 2.85.